The number of fused-ring (bicyclic) bond motifs is 7. The third kappa shape index (κ3) is 7.74. The minimum absolute atomic E-state index is 0.00446. The van der Waals surface area contributed by atoms with E-state index in [1.165, 1.54) is 12.5 Å². The quantitative estimate of drug-likeness (QED) is 0.117. The number of rotatable bonds is 9. The first kappa shape index (κ1) is 50.5. The van der Waals surface area contributed by atoms with Crippen molar-refractivity contribution >= 4 is 11.9 Å². The number of aliphatic hydroxyl groups is 8. The SMILES string of the molecule is CC1OC(OC2C(CO)OC(OC3C(C(=O)O)OC(OC4CCC5(C)C(CCC6(C)C5CC=C5C7CC(C)(C)CCC7(C(=O)O)CCC56C)C4(C)C)C(O)C3O)C(O)C2O)C(O)C(O)C1O. The summed E-state index contributed by atoms with van der Waals surface area (Å²) in [5.41, 5.74) is -0.173. The van der Waals surface area contributed by atoms with Crippen LogP contribution in [-0.4, -0.2) is 168 Å². The zero-order chi connectivity index (χ0) is 48.4. The fourth-order valence-electron chi connectivity index (χ4n) is 15.1. The van der Waals surface area contributed by atoms with Crippen LogP contribution in [0.4, 0.5) is 0 Å². The molecule has 0 aromatic heterocycles. The van der Waals surface area contributed by atoms with Crippen LogP contribution in [0.15, 0.2) is 11.6 Å². The first-order valence-corrected chi connectivity index (χ1v) is 24.2. The smallest absolute Gasteiger partial charge is 0.335 e. The summed E-state index contributed by atoms with van der Waals surface area (Å²) in [4.78, 5) is 25.9. The van der Waals surface area contributed by atoms with Gasteiger partial charge in [-0.15, -0.1) is 0 Å². The number of aliphatic hydroxyl groups excluding tert-OH is 8. The fraction of sp³-hybridized carbons (Fsp3) is 0.917. The first-order valence-electron chi connectivity index (χ1n) is 24.2. The fourth-order valence-corrected chi connectivity index (χ4v) is 15.1. The molecule has 0 bridgehead atoms. The third-order valence-corrected chi connectivity index (χ3v) is 19.3. The maximum Gasteiger partial charge on any atom is 0.335 e. The van der Waals surface area contributed by atoms with Gasteiger partial charge in [-0.2, -0.15) is 0 Å². The standard InChI is InChI=1S/C48H76O18/c1-21-28(50)29(51)32(54)39(61-21)64-35-24(20-49)62-40(33(55)30(35)52)65-36-31(53)34(56)41(66-37(36)38(57)58)63-27-12-13-45(6)25(44(27,4)5)11-14-47(8)26(45)10-9-22-23-19-43(2,3)15-17-48(23,42(59)60)18-16-46(22,47)7/h9,21,23-37,39-41,49-56H,10-20H2,1-8H3,(H,57,58)(H,59,60). The van der Waals surface area contributed by atoms with Gasteiger partial charge in [0.25, 0.3) is 0 Å². The summed E-state index contributed by atoms with van der Waals surface area (Å²) in [6.45, 7) is 16.6. The molecule has 4 saturated carbocycles. The van der Waals surface area contributed by atoms with Gasteiger partial charge in [-0.05, 0) is 116 Å². The highest BCUT2D eigenvalue weighted by atomic mass is 16.8. The number of carboxylic acid groups (broad SMARTS) is 2. The largest absolute Gasteiger partial charge is 0.481 e. The molecule has 376 valence electrons. The average Bonchev–Trinajstić information content (AvgIpc) is 3.24. The van der Waals surface area contributed by atoms with E-state index in [1.807, 2.05) is 0 Å². The Bertz CT molecular complexity index is 1860. The molecule has 0 aromatic carbocycles. The summed E-state index contributed by atoms with van der Waals surface area (Å²) >= 11 is 0. The van der Waals surface area contributed by atoms with Crippen LogP contribution in [0.5, 0.6) is 0 Å². The van der Waals surface area contributed by atoms with Gasteiger partial charge in [-0.3, -0.25) is 4.79 Å². The van der Waals surface area contributed by atoms with Crippen LogP contribution in [0.25, 0.3) is 0 Å². The highest BCUT2D eigenvalue weighted by Gasteiger charge is 2.70. The van der Waals surface area contributed by atoms with E-state index in [1.54, 1.807) is 0 Å². The summed E-state index contributed by atoms with van der Waals surface area (Å²) in [5, 5.41) is 107. The van der Waals surface area contributed by atoms with E-state index in [0.717, 1.165) is 44.9 Å². The molecule has 23 unspecified atom stereocenters. The van der Waals surface area contributed by atoms with Crippen molar-refractivity contribution in [3.8, 4) is 0 Å². The van der Waals surface area contributed by atoms with E-state index in [2.05, 4.69) is 54.5 Å². The number of carbonyl (C=O) groups is 2. The molecule has 23 atom stereocenters. The van der Waals surface area contributed by atoms with E-state index < -0.39 is 128 Å². The number of hydrogen-bond donors (Lipinski definition) is 10. The lowest BCUT2D eigenvalue weighted by molar-refractivity contribution is -0.379. The van der Waals surface area contributed by atoms with Crippen molar-refractivity contribution in [3.63, 3.8) is 0 Å². The summed E-state index contributed by atoms with van der Waals surface area (Å²) in [6.07, 6.45) is -15.7. The van der Waals surface area contributed by atoms with Crippen LogP contribution in [0.2, 0.25) is 0 Å². The van der Waals surface area contributed by atoms with Crippen LogP contribution in [0.1, 0.15) is 120 Å². The van der Waals surface area contributed by atoms with Crippen molar-refractivity contribution in [2.24, 2.45) is 50.2 Å². The van der Waals surface area contributed by atoms with Crippen molar-refractivity contribution in [2.45, 2.75) is 218 Å². The first-order chi connectivity index (χ1) is 30.7. The van der Waals surface area contributed by atoms with Crippen LogP contribution < -0.4 is 0 Å². The average molecular weight is 941 g/mol. The van der Waals surface area contributed by atoms with Crippen molar-refractivity contribution in [3.05, 3.63) is 11.6 Å². The lowest BCUT2D eigenvalue weighted by atomic mass is 9.33. The molecule has 3 saturated heterocycles. The van der Waals surface area contributed by atoms with Gasteiger partial charge in [0.15, 0.2) is 25.0 Å². The van der Waals surface area contributed by atoms with Crippen LogP contribution >= 0.6 is 0 Å². The predicted octanol–water partition coefficient (Wildman–Crippen LogP) is 1.83. The molecule has 66 heavy (non-hydrogen) atoms. The molecule has 3 aliphatic heterocycles. The molecule has 0 spiro atoms. The molecule has 18 heteroatoms. The molecular formula is C48H76O18. The molecule has 10 N–H and O–H groups in total. The molecule has 3 heterocycles. The lowest BCUT2D eigenvalue weighted by Gasteiger charge is -2.71. The lowest BCUT2D eigenvalue weighted by Crippen LogP contribution is -2.67. The van der Waals surface area contributed by atoms with Gasteiger partial charge in [0.05, 0.1) is 24.2 Å². The van der Waals surface area contributed by atoms with Crippen molar-refractivity contribution in [1.82, 2.24) is 0 Å². The van der Waals surface area contributed by atoms with E-state index in [0.29, 0.717) is 25.2 Å². The van der Waals surface area contributed by atoms with Gasteiger partial charge in [0, 0.05) is 0 Å². The number of ether oxygens (including phenoxy) is 6. The monoisotopic (exact) mass is 941 g/mol. The third-order valence-electron chi connectivity index (χ3n) is 19.3. The van der Waals surface area contributed by atoms with Gasteiger partial charge in [-0.1, -0.05) is 60.1 Å². The number of allylic oxidation sites excluding steroid dienone is 2. The minimum atomic E-state index is -2.00. The molecule has 0 amide bonds. The molecule has 0 radical (unpaired) electrons. The van der Waals surface area contributed by atoms with E-state index >= 15 is 0 Å². The second kappa shape index (κ2) is 17.5. The second-order valence-electron chi connectivity index (χ2n) is 23.5. The highest BCUT2D eigenvalue weighted by molar-refractivity contribution is 5.76. The Morgan fingerprint density at radius 3 is 1.89 bits per heavy atom. The number of carboxylic acids is 2. The molecule has 18 nitrogen and oxygen atoms in total. The number of aliphatic carboxylic acids is 2. The van der Waals surface area contributed by atoms with E-state index in [-0.39, 0.29) is 33.5 Å². The Morgan fingerprint density at radius 1 is 0.667 bits per heavy atom. The molecule has 7 fully saturated rings. The summed E-state index contributed by atoms with van der Waals surface area (Å²) in [7, 11) is 0. The van der Waals surface area contributed by atoms with E-state index in [9.17, 15) is 60.7 Å². The van der Waals surface area contributed by atoms with Crippen LogP contribution in [-0.2, 0) is 38.0 Å². The van der Waals surface area contributed by atoms with Gasteiger partial charge >= 0.3 is 11.9 Å². The Balaban J connectivity index is 0.958. The van der Waals surface area contributed by atoms with Crippen molar-refractivity contribution in [2.75, 3.05) is 6.61 Å². The predicted molar refractivity (Wildman–Crippen MR) is 230 cm³/mol. The van der Waals surface area contributed by atoms with Crippen LogP contribution in [0, 0.1) is 50.2 Å². The molecule has 8 rings (SSSR count). The van der Waals surface area contributed by atoms with Gasteiger partial charge < -0.3 is 79.5 Å². The second-order valence-corrected chi connectivity index (χ2v) is 23.5. The normalized spacial score (nSPS) is 53.3. The molecular weight excluding hydrogens is 865 g/mol. The van der Waals surface area contributed by atoms with Crippen LogP contribution in [0.3, 0.4) is 0 Å². The minimum Gasteiger partial charge on any atom is -0.481 e. The van der Waals surface area contributed by atoms with Crippen molar-refractivity contribution in [1.29, 1.82) is 0 Å². The molecule has 0 aromatic rings. The van der Waals surface area contributed by atoms with Gasteiger partial charge in [0.1, 0.15) is 61.0 Å². The Morgan fingerprint density at radius 2 is 1.26 bits per heavy atom. The maximum atomic E-state index is 13.1. The van der Waals surface area contributed by atoms with E-state index in [4.69, 9.17) is 28.4 Å². The highest BCUT2D eigenvalue weighted by Crippen LogP contribution is 2.76. The zero-order valence-corrected chi connectivity index (χ0v) is 39.6. The maximum absolute atomic E-state index is 13.1. The zero-order valence-electron chi connectivity index (χ0n) is 39.6. The molecule has 8 aliphatic rings. The van der Waals surface area contributed by atoms with Gasteiger partial charge in [-0.25, -0.2) is 4.79 Å². The Kier molecular flexibility index (Phi) is 13.4. The summed E-state index contributed by atoms with van der Waals surface area (Å²) in [5.74, 6) is -1.77. The Labute approximate surface area is 386 Å². The molecule has 5 aliphatic carbocycles. The topological polar surface area (TPSA) is 292 Å². The van der Waals surface area contributed by atoms with Gasteiger partial charge in [0.2, 0.25) is 0 Å². The Hall–Kier alpha value is -1.88. The number of hydrogen-bond acceptors (Lipinski definition) is 16. The van der Waals surface area contributed by atoms with Crippen molar-refractivity contribution < 1.29 is 89.1 Å². The summed E-state index contributed by atoms with van der Waals surface area (Å²) < 4.78 is 35.0. The summed E-state index contributed by atoms with van der Waals surface area (Å²) in [6, 6.07) is 0.